The van der Waals surface area contributed by atoms with Crippen molar-refractivity contribution in [3.8, 4) is 5.75 Å². The molecule has 1 atom stereocenters. The molecular weight excluding hydrogens is 480 g/mol. The molecule has 3 aromatic carbocycles. The predicted molar refractivity (Wildman–Crippen MR) is 136 cm³/mol. The van der Waals surface area contributed by atoms with Gasteiger partial charge in [-0.25, -0.2) is 0 Å². The lowest BCUT2D eigenvalue weighted by Crippen LogP contribution is -2.26. The van der Waals surface area contributed by atoms with E-state index < -0.39 is 0 Å². The first-order valence-corrected chi connectivity index (χ1v) is 11.6. The van der Waals surface area contributed by atoms with Crippen molar-refractivity contribution in [1.29, 1.82) is 0 Å². The van der Waals surface area contributed by atoms with Gasteiger partial charge in [0, 0.05) is 11.3 Å². The third-order valence-corrected chi connectivity index (χ3v) is 5.85. The highest BCUT2D eigenvalue weighted by Gasteiger charge is 2.16. The van der Waals surface area contributed by atoms with E-state index in [9.17, 15) is 9.59 Å². The summed E-state index contributed by atoms with van der Waals surface area (Å²) in [6, 6.07) is 22.3. The van der Waals surface area contributed by atoms with Crippen LogP contribution in [0.4, 0.5) is 5.69 Å². The number of nitrogens with one attached hydrogen (secondary N) is 2. The highest BCUT2D eigenvalue weighted by Crippen LogP contribution is 2.31. The van der Waals surface area contributed by atoms with Crippen molar-refractivity contribution in [2.45, 2.75) is 39.2 Å². The fraction of sp³-hybridized carbons (Fsp3) is 0.259. The highest BCUT2D eigenvalue weighted by atomic mass is 79.9. The van der Waals surface area contributed by atoms with Gasteiger partial charge in [-0.05, 0) is 75.8 Å². The largest absolute Gasteiger partial charge is 0.483 e. The van der Waals surface area contributed by atoms with Crippen LogP contribution < -0.4 is 15.4 Å². The van der Waals surface area contributed by atoms with Gasteiger partial charge in [-0.15, -0.1) is 0 Å². The summed E-state index contributed by atoms with van der Waals surface area (Å²) in [7, 11) is 0. The molecule has 33 heavy (non-hydrogen) atoms. The van der Waals surface area contributed by atoms with Crippen molar-refractivity contribution in [2.24, 2.45) is 0 Å². The highest BCUT2D eigenvalue weighted by molar-refractivity contribution is 9.10. The van der Waals surface area contributed by atoms with Gasteiger partial charge in [0.15, 0.2) is 6.61 Å². The van der Waals surface area contributed by atoms with Gasteiger partial charge >= 0.3 is 0 Å². The summed E-state index contributed by atoms with van der Waals surface area (Å²) in [5.41, 5.74) is 3.36. The van der Waals surface area contributed by atoms with E-state index in [4.69, 9.17) is 4.74 Å². The molecule has 0 saturated carbocycles. The Morgan fingerprint density at radius 2 is 1.64 bits per heavy atom. The first-order valence-electron chi connectivity index (χ1n) is 10.8. The van der Waals surface area contributed by atoms with Crippen molar-refractivity contribution in [3.63, 3.8) is 0 Å². The molecule has 0 aliphatic heterocycles. The smallest absolute Gasteiger partial charge is 0.262 e. The SMILES string of the molecule is CC(NC(=O)c1ccc(NC(=O)COc2ccc(C(C)(C)C)cc2Br)cc1)c1ccccc1. The lowest BCUT2D eigenvalue weighted by atomic mass is 9.87. The summed E-state index contributed by atoms with van der Waals surface area (Å²) in [6.07, 6.45) is 0. The van der Waals surface area contributed by atoms with Crippen LogP contribution in [0.5, 0.6) is 5.75 Å². The summed E-state index contributed by atoms with van der Waals surface area (Å²) >= 11 is 3.52. The maximum absolute atomic E-state index is 12.5. The van der Waals surface area contributed by atoms with Crippen LogP contribution in [-0.4, -0.2) is 18.4 Å². The third-order valence-electron chi connectivity index (χ3n) is 5.23. The summed E-state index contributed by atoms with van der Waals surface area (Å²) < 4.78 is 6.47. The van der Waals surface area contributed by atoms with E-state index in [0.29, 0.717) is 17.0 Å². The van der Waals surface area contributed by atoms with Gasteiger partial charge < -0.3 is 15.4 Å². The van der Waals surface area contributed by atoms with Crippen LogP contribution in [0.3, 0.4) is 0 Å². The molecule has 172 valence electrons. The molecule has 0 aromatic heterocycles. The number of carbonyl (C=O) groups excluding carboxylic acids is 2. The number of rotatable bonds is 7. The second kappa shape index (κ2) is 10.7. The number of benzene rings is 3. The Morgan fingerprint density at radius 3 is 2.24 bits per heavy atom. The van der Waals surface area contributed by atoms with Crippen molar-refractivity contribution in [1.82, 2.24) is 5.32 Å². The first kappa shape index (κ1) is 24.5. The monoisotopic (exact) mass is 508 g/mol. The molecule has 5 nitrogen and oxygen atoms in total. The van der Waals surface area contributed by atoms with E-state index in [1.54, 1.807) is 24.3 Å². The average Bonchev–Trinajstić information content (AvgIpc) is 2.78. The molecule has 1 unspecified atom stereocenters. The topological polar surface area (TPSA) is 67.4 Å². The Labute approximate surface area is 203 Å². The van der Waals surface area contributed by atoms with E-state index >= 15 is 0 Å². The summed E-state index contributed by atoms with van der Waals surface area (Å²) in [4.78, 5) is 24.8. The number of carbonyl (C=O) groups is 2. The van der Waals surface area contributed by atoms with E-state index in [-0.39, 0.29) is 29.9 Å². The Hall–Kier alpha value is -3.12. The fourth-order valence-electron chi connectivity index (χ4n) is 3.23. The zero-order valence-electron chi connectivity index (χ0n) is 19.3. The van der Waals surface area contributed by atoms with Gasteiger partial charge in [0.2, 0.25) is 0 Å². The molecule has 0 bridgehead atoms. The minimum absolute atomic E-state index is 0.0288. The number of halogens is 1. The number of ether oxygens (including phenoxy) is 1. The van der Waals surface area contributed by atoms with Gasteiger partial charge in [0.1, 0.15) is 5.75 Å². The molecule has 3 aromatic rings. The maximum atomic E-state index is 12.5. The molecule has 0 spiro atoms. The molecule has 2 N–H and O–H groups in total. The van der Waals surface area contributed by atoms with Crippen molar-refractivity contribution in [2.75, 3.05) is 11.9 Å². The quantitative estimate of drug-likeness (QED) is 0.396. The van der Waals surface area contributed by atoms with Crippen LogP contribution in [0, 0.1) is 0 Å². The first-order chi connectivity index (χ1) is 15.6. The third kappa shape index (κ3) is 6.93. The molecule has 3 rings (SSSR count). The Kier molecular flexibility index (Phi) is 7.92. The molecule has 2 amide bonds. The number of hydrogen-bond donors (Lipinski definition) is 2. The normalized spacial score (nSPS) is 12.0. The molecule has 0 radical (unpaired) electrons. The predicted octanol–water partition coefficient (Wildman–Crippen LogP) is 6.26. The van der Waals surface area contributed by atoms with Crippen LogP contribution in [0.25, 0.3) is 0 Å². The second-order valence-electron chi connectivity index (χ2n) is 8.92. The standard InChI is InChI=1S/C27H29BrN2O3/c1-18(19-8-6-5-7-9-19)29-26(32)20-10-13-22(14-11-20)30-25(31)17-33-24-15-12-21(16-23(24)28)27(2,3)4/h5-16,18H,17H2,1-4H3,(H,29,32)(H,30,31). The van der Waals surface area contributed by atoms with E-state index in [0.717, 1.165) is 10.0 Å². The molecular formula is C27H29BrN2O3. The minimum atomic E-state index is -0.281. The molecule has 0 saturated heterocycles. The molecule has 0 aliphatic carbocycles. The van der Waals surface area contributed by atoms with Gasteiger partial charge in [-0.1, -0.05) is 57.2 Å². The maximum Gasteiger partial charge on any atom is 0.262 e. The van der Waals surface area contributed by atoms with Crippen LogP contribution in [-0.2, 0) is 10.2 Å². The minimum Gasteiger partial charge on any atom is -0.483 e. The van der Waals surface area contributed by atoms with E-state index in [2.05, 4.69) is 47.3 Å². The Balaban J connectivity index is 1.52. The van der Waals surface area contributed by atoms with Gasteiger partial charge in [0.05, 0.1) is 10.5 Å². The Bertz CT molecular complexity index is 1110. The Morgan fingerprint density at radius 1 is 0.970 bits per heavy atom. The number of amides is 2. The fourth-order valence-corrected chi connectivity index (χ4v) is 3.73. The van der Waals surface area contributed by atoms with E-state index in [1.165, 1.54) is 5.56 Å². The molecule has 6 heteroatoms. The van der Waals surface area contributed by atoms with Gasteiger partial charge in [-0.2, -0.15) is 0 Å². The van der Waals surface area contributed by atoms with Gasteiger partial charge in [0.25, 0.3) is 11.8 Å². The van der Waals surface area contributed by atoms with Crippen molar-refractivity contribution in [3.05, 3.63) is 94.0 Å². The lowest BCUT2D eigenvalue weighted by molar-refractivity contribution is -0.118. The van der Waals surface area contributed by atoms with E-state index in [1.807, 2.05) is 55.5 Å². The number of hydrogen-bond acceptors (Lipinski definition) is 3. The number of anilines is 1. The molecule has 0 fully saturated rings. The second-order valence-corrected chi connectivity index (χ2v) is 9.77. The lowest BCUT2D eigenvalue weighted by Gasteiger charge is -2.20. The van der Waals surface area contributed by atoms with Crippen LogP contribution in [0.15, 0.2) is 77.3 Å². The van der Waals surface area contributed by atoms with Crippen molar-refractivity contribution >= 4 is 33.4 Å². The zero-order chi connectivity index (χ0) is 24.0. The summed E-state index contributed by atoms with van der Waals surface area (Å²) in [5.74, 6) is 0.158. The van der Waals surface area contributed by atoms with Crippen LogP contribution >= 0.6 is 15.9 Å². The molecule has 0 aliphatic rings. The average molecular weight is 509 g/mol. The van der Waals surface area contributed by atoms with Crippen LogP contribution in [0.1, 0.15) is 55.2 Å². The summed E-state index contributed by atoms with van der Waals surface area (Å²) in [6.45, 7) is 8.24. The van der Waals surface area contributed by atoms with Crippen LogP contribution in [0.2, 0.25) is 0 Å². The van der Waals surface area contributed by atoms with Gasteiger partial charge in [-0.3, -0.25) is 9.59 Å². The zero-order valence-corrected chi connectivity index (χ0v) is 20.9. The van der Waals surface area contributed by atoms with Crippen molar-refractivity contribution < 1.29 is 14.3 Å². The summed E-state index contributed by atoms with van der Waals surface area (Å²) in [5, 5.41) is 5.77. The molecule has 0 heterocycles.